The number of benzene rings is 4. The normalized spacial score (nSPS) is 15.0. The first-order valence-electron chi connectivity index (χ1n) is 26.7. The van der Waals surface area contributed by atoms with Crippen molar-refractivity contribution in [2.75, 3.05) is 71.9 Å². The molecule has 2 aliphatic heterocycles. The van der Waals surface area contributed by atoms with E-state index in [-0.39, 0.29) is 90.4 Å². The van der Waals surface area contributed by atoms with E-state index in [0.717, 1.165) is 22.3 Å². The highest BCUT2D eigenvalue weighted by Gasteiger charge is 2.41. The van der Waals surface area contributed by atoms with E-state index >= 15 is 4.39 Å². The van der Waals surface area contributed by atoms with Gasteiger partial charge in [0.25, 0.3) is 0 Å². The van der Waals surface area contributed by atoms with Crippen LogP contribution in [0.15, 0.2) is 102 Å². The fourth-order valence-corrected chi connectivity index (χ4v) is 10.6. The van der Waals surface area contributed by atoms with Crippen LogP contribution in [-0.4, -0.2) is 121 Å². The van der Waals surface area contributed by atoms with Gasteiger partial charge >= 0.3 is 5.69 Å². The smallest absolute Gasteiger partial charge is 0.313 e. The lowest BCUT2D eigenvalue weighted by Crippen LogP contribution is -2.57. The number of amides is 1. The van der Waals surface area contributed by atoms with E-state index in [1.54, 1.807) is 53.6 Å². The number of nitrogens with zero attached hydrogens (tertiary/aromatic N) is 7. The monoisotopic (exact) mass is 1170 g/mol. The van der Waals surface area contributed by atoms with Crippen molar-refractivity contribution in [2.45, 2.75) is 77.4 Å². The molecule has 0 saturated carbocycles. The minimum absolute atomic E-state index is 0.0833. The lowest BCUT2D eigenvalue weighted by atomic mass is 9.93. The Morgan fingerprint density at radius 2 is 1.48 bits per heavy atom. The molecule has 21 heteroatoms. The van der Waals surface area contributed by atoms with Crippen LogP contribution in [0.5, 0.6) is 11.5 Å². The maximum atomic E-state index is 15.4. The second-order valence-electron chi connectivity index (χ2n) is 20.0. The third-order valence-corrected chi connectivity index (χ3v) is 14.6. The van der Waals surface area contributed by atoms with Gasteiger partial charge in [-0.15, -0.1) is 0 Å². The maximum absolute atomic E-state index is 15.4. The molecule has 81 heavy (non-hydrogen) atoms. The number of anilines is 1. The number of Topliss-reactive ketones (excluding diaryl/α,β-unsaturated/α-hetero) is 2. The molecule has 2 atom stereocenters. The Hall–Kier alpha value is -6.93. The Bertz CT molecular complexity index is 3260. The molecule has 2 aliphatic rings. The number of carbonyl (C=O) groups excluding carboxylic acids is 3. The lowest BCUT2D eigenvalue weighted by Gasteiger charge is -2.48. The minimum Gasteiger partial charge on any atom is -0.496 e. The van der Waals surface area contributed by atoms with Crippen molar-refractivity contribution in [1.82, 2.24) is 19.9 Å². The predicted molar refractivity (Wildman–Crippen MR) is 308 cm³/mol. The summed E-state index contributed by atoms with van der Waals surface area (Å²) in [7, 11) is 3.01. The summed E-state index contributed by atoms with van der Waals surface area (Å²) in [5.41, 5.74) is 5.26. The maximum Gasteiger partial charge on any atom is 0.313 e. The van der Waals surface area contributed by atoms with E-state index in [2.05, 4.69) is 9.97 Å². The van der Waals surface area contributed by atoms with E-state index in [9.17, 15) is 24.5 Å². The van der Waals surface area contributed by atoms with Crippen LogP contribution < -0.4 is 14.4 Å². The van der Waals surface area contributed by atoms with Crippen molar-refractivity contribution in [1.29, 1.82) is 0 Å². The van der Waals surface area contributed by atoms with Gasteiger partial charge in [0.1, 0.15) is 28.9 Å². The quantitative estimate of drug-likeness (QED) is 0.0155. The van der Waals surface area contributed by atoms with Crippen molar-refractivity contribution < 1.29 is 47.4 Å². The van der Waals surface area contributed by atoms with Gasteiger partial charge in [0.2, 0.25) is 11.7 Å². The number of hydrogen-bond acceptors (Lipinski definition) is 15. The molecule has 1 amide bonds. The molecule has 1 fully saturated rings. The van der Waals surface area contributed by atoms with Gasteiger partial charge < -0.3 is 33.5 Å². The Morgan fingerprint density at radius 1 is 0.778 bits per heavy atom. The van der Waals surface area contributed by atoms with Gasteiger partial charge in [0.05, 0.1) is 92.1 Å². The SMILES string of the molecule is COc1cc(Cc2ncc3c(n2)-c2ccc(Cl)cc2C(c2c(F)cccc2OC)=NC3)ccc1C(=O)CCCOCCOCCOCCCC(=O)CC(=O)N1C[C@@H](CC(C)C)N(c2ncc(Cl)cc2[N+](=O)[O-])[C@@H](c2ccc(Cl)cc2)C1. The van der Waals surface area contributed by atoms with Crippen molar-refractivity contribution in [3.05, 3.63) is 168 Å². The summed E-state index contributed by atoms with van der Waals surface area (Å²) in [6.45, 7) is 6.68. The summed E-state index contributed by atoms with van der Waals surface area (Å²) < 4.78 is 43.6. The van der Waals surface area contributed by atoms with E-state index in [1.165, 1.54) is 32.5 Å². The fraction of sp³-hybridized carbons (Fsp3) is 0.383. The Morgan fingerprint density at radius 3 is 2.19 bits per heavy atom. The summed E-state index contributed by atoms with van der Waals surface area (Å²) in [5.74, 6) is 0.571. The number of ketones is 2. The number of nitro groups is 1. The molecule has 0 unspecified atom stereocenters. The number of halogens is 4. The van der Waals surface area contributed by atoms with Gasteiger partial charge in [0.15, 0.2) is 5.78 Å². The van der Waals surface area contributed by atoms with E-state index in [1.807, 2.05) is 49.1 Å². The molecule has 0 N–H and O–H groups in total. The van der Waals surface area contributed by atoms with Crippen LogP contribution in [0, 0.1) is 21.8 Å². The number of methoxy groups -OCH3 is 2. The van der Waals surface area contributed by atoms with Gasteiger partial charge in [-0.1, -0.05) is 79.0 Å². The third-order valence-electron chi connectivity index (χ3n) is 13.9. The second kappa shape index (κ2) is 28.7. The number of carbonyl (C=O) groups is 3. The molecule has 1 saturated heterocycles. The van der Waals surface area contributed by atoms with E-state index < -0.39 is 16.8 Å². The van der Waals surface area contributed by atoms with Crippen molar-refractivity contribution in [3.63, 3.8) is 0 Å². The first-order chi connectivity index (χ1) is 39.1. The van der Waals surface area contributed by atoms with E-state index in [0.29, 0.717) is 115 Å². The number of piperazine rings is 1. The number of aliphatic imine (C=N–C) groups is 1. The summed E-state index contributed by atoms with van der Waals surface area (Å²) >= 11 is 18.9. The van der Waals surface area contributed by atoms with Crippen LogP contribution in [0.3, 0.4) is 0 Å². The van der Waals surface area contributed by atoms with Gasteiger partial charge in [-0.25, -0.2) is 19.3 Å². The van der Waals surface area contributed by atoms with Crippen molar-refractivity contribution in [2.24, 2.45) is 10.9 Å². The second-order valence-corrected chi connectivity index (χ2v) is 21.3. The molecule has 0 bridgehead atoms. The molecule has 0 radical (unpaired) electrons. The standard InChI is InChI=1S/C60H63Cl3FN7O10/c1-37(2)26-44-35-69(36-51(39-13-15-41(61)16-14-39)70(44)60-50(71(75)76)30-43(63)34-67-60)56(74)31-45(72)8-6-20-79-22-24-81-25-23-80-21-7-10-52(73)47-18-12-38(27-54(47)78-4)28-55-65-32-40-33-66-59(57-49(64)9-5-11-53(57)77-3)48-29-42(62)17-19-46(48)58(40)68-55/h5,9,11-19,27,29-30,32,34,37,44,51H,6-8,10,20-26,28,31,33,35-36H2,1-4H3/t44-,51-/m1/s1. The fourth-order valence-electron chi connectivity index (χ4n) is 10.1. The summed E-state index contributed by atoms with van der Waals surface area (Å²) in [6, 6.07) is 23.0. The minimum atomic E-state index is -0.522. The van der Waals surface area contributed by atoms with Crippen LogP contribution in [0.25, 0.3) is 11.3 Å². The molecular formula is C60H63Cl3FN7O10. The zero-order valence-electron chi connectivity index (χ0n) is 45.5. The van der Waals surface area contributed by atoms with Gasteiger partial charge in [-0.05, 0) is 84.8 Å². The average Bonchev–Trinajstić information content (AvgIpc) is 3.78. The lowest BCUT2D eigenvalue weighted by molar-refractivity contribution is -0.384. The summed E-state index contributed by atoms with van der Waals surface area (Å²) in [4.78, 5) is 74.4. The summed E-state index contributed by atoms with van der Waals surface area (Å²) in [6.07, 6.45) is 5.12. The highest BCUT2D eigenvalue weighted by Crippen LogP contribution is 2.41. The molecule has 4 aromatic carbocycles. The Balaban J connectivity index is 0.729. The number of hydrogen-bond donors (Lipinski definition) is 0. The van der Waals surface area contributed by atoms with Gasteiger partial charge in [0, 0.05) is 96.8 Å². The number of rotatable bonds is 27. The highest BCUT2D eigenvalue weighted by molar-refractivity contribution is 6.32. The topological polar surface area (TPSA) is 198 Å². The predicted octanol–water partition coefficient (Wildman–Crippen LogP) is 11.8. The largest absolute Gasteiger partial charge is 0.496 e. The van der Waals surface area contributed by atoms with Crippen LogP contribution in [0.2, 0.25) is 15.1 Å². The van der Waals surface area contributed by atoms with Crippen LogP contribution >= 0.6 is 34.8 Å². The Labute approximate surface area is 484 Å². The molecule has 8 rings (SSSR count). The molecular weight excluding hydrogens is 1100 g/mol. The summed E-state index contributed by atoms with van der Waals surface area (Å²) in [5, 5.41) is 13.4. The zero-order valence-corrected chi connectivity index (χ0v) is 47.8. The number of pyridine rings is 1. The Kier molecular flexibility index (Phi) is 21.3. The molecule has 2 aromatic heterocycles. The van der Waals surface area contributed by atoms with Crippen molar-refractivity contribution in [3.8, 4) is 22.8 Å². The van der Waals surface area contributed by atoms with Crippen LogP contribution in [0.1, 0.15) is 102 Å². The first-order valence-corrected chi connectivity index (χ1v) is 27.8. The molecule has 17 nitrogen and oxygen atoms in total. The van der Waals surface area contributed by atoms with Crippen LogP contribution in [-0.2, 0) is 36.8 Å². The molecule has 0 spiro atoms. The third kappa shape index (κ3) is 15.5. The number of ether oxygens (including phenoxy) is 5. The average molecular weight is 1170 g/mol. The molecule has 426 valence electrons. The highest BCUT2D eigenvalue weighted by atomic mass is 35.5. The van der Waals surface area contributed by atoms with Gasteiger partial charge in [-0.2, -0.15) is 0 Å². The van der Waals surface area contributed by atoms with E-state index in [4.69, 9.17) is 68.5 Å². The zero-order chi connectivity index (χ0) is 57.6. The van der Waals surface area contributed by atoms with Gasteiger partial charge in [-0.3, -0.25) is 29.5 Å². The number of fused-ring (bicyclic) bond motifs is 3. The van der Waals surface area contributed by atoms with Crippen molar-refractivity contribution >= 4 is 69.5 Å². The van der Waals surface area contributed by atoms with Crippen LogP contribution in [0.4, 0.5) is 15.9 Å². The first kappa shape index (κ1) is 60.2. The molecule has 4 heterocycles. The molecule has 6 aromatic rings. The molecule has 0 aliphatic carbocycles. The number of aromatic nitrogens is 3.